The lowest BCUT2D eigenvalue weighted by Crippen LogP contribution is -2.56. The molecule has 0 aliphatic heterocycles. The number of nitro benzene ring substituents is 1. The Bertz CT molecular complexity index is 1280. The molecule has 13 nitrogen and oxygen atoms in total. The van der Waals surface area contributed by atoms with Crippen molar-refractivity contribution in [3.05, 3.63) is 82.9 Å². The molecule has 0 saturated carbocycles. The van der Waals surface area contributed by atoms with Gasteiger partial charge in [-0.3, -0.25) is 29.3 Å². The summed E-state index contributed by atoms with van der Waals surface area (Å²) in [5.74, 6) is -3.09. The number of hydrogen-bond donors (Lipinski definition) is 3. The Hall–Kier alpha value is -5.07. The number of likely N-dealkylation sites (N-methyl/N-ethyl adjacent to an activating group) is 1. The molecule has 0 saturated heterocycles. The molecule has 2 rings (SSSR count). The number of hydrogen-bond acceptors (Lipinski definition) is 8. The molecule has 0 aliphatic rings. The van der Waals surface area contributed by atoms with Gasteiger partial charge in [0.15, 0.2) is 0 Å². The third-order valence-corrected chi connectivity index (χ3v) is 5.89. The Morgan fingerprint density at radius 2 is 1.62 bits per heavy atom. The lowest BCUT2D eigenvalue weighted by molar-refractivity contribution is -0.384. The number of ether oxygens (including phenoxy) is 1. The van der Waals surface area contributed by atoms with Crippen LogP contribution < -0.4 is 20.7 Å². The van der Waals surface area contributed by atoms with Crippen molar-refractivity contribution in [2.24, 2.45) is 5.92 Å². The number of nitrogens with zero attached hydrogens (tertiary/aromatic N) is 2. The van der Waals surface area contributed by atoms with E-state index in [1.807, 2.05) is 19.9 Å². The molecule has 2 aromatic carbocycles. The lowest BCUT2D eigenvalue weighted by Gasteiger charge is -2.25. The summed E-state index contributed by atoms with van der Waals surface area (Å²) in [5, 5.41) is 18.5. The van der Waals surface area contributed by atoms with Gasteiger partial charge in [0.05, 0.1) is 11.5 Å². The van der Waals surface area contributed by atoms with Crippen molar-refractivity contribution in [3.8, 4) is 5.75 Å². The molecule has 0 fully saturated rings. The number of carbonyl (C=O) groups excluding carboxylic acids is 5. The molecule has 0 spiro atoms. The van der Waals surface area contributed by atoms with Crippen molar-refractivity contribution >= 4 is 35.3 Å². The zero-order valence-electron chi connectivity index (χ0n) is 23.7. The monoisotopic (exact) mass is 581 g/mol. The Kier molecular flexibility index (Phi) is 12.8. The second-order valence-electron chi connectivity index (χ2n) is 9.84. The molecule has 0 aliphatic carbocycles. The fourth-order valence-electron chi connectivity index (χ4n) is 3.81. The minimum Gasteiger partial charge on any atom is -0.425 e. The van der Waals surface area contributed by atoms with Crippen molar-refractivity contribution in [1.82, 2.24) is 20.9 Å². The Morgan fingerprint density at radius 3 is 2.19 bits per heavy atom. The first-order valence-electron chi connectivity index (χ1n) is 13.1. The molecule has 0 aromatic heterocycles. The van der Waals surface area contributed by atoms with Crippen LogP contribution in [-0.2, 0) is 30.4 Å². The van der Waals surface area contributed by atoms with Crippen LogP contribution in [0.25, 0.3) is 0 Å². The third kappa shape index (κ3) is 11.2. The molecule has 224 valence electrons. The summed E-state index contributed by atoms with van der Waals surface area (Å²) < 4.78 is 5.10. The van der Waals surface area contributed by atoms with Crippen LogP contribution in [-0.4, -0.2) is 71.6 Å². The van der Waals surface area contributed by atoms with Crippen LogP contribution in [0.3, 0.4) is 0 Å². The summed E-state index contributed by atoms with van der Waals surface area (Å²) in [5.41, 5.74) is 0.585. The summed E-state index contributed by atoms with van der Waals surface area (Å²) >= 11 is 0. The van der Waals surface area contributed by atoms with Gasteiger partial charge in [0.2, 0.25) is 23.6 Å². The van der Waals surface area contributed by atoms with E-state index in [-0.39, 0.29) is 36.7 Å². The van der Waals surface area contributed by atoms with E-state index < -0.39 is 53.1 Å². The van der Waals surface area contributed by atoms with E-state index in [1.54, 1.807) is 24.3 Å². The average Bonchev–Trinajstić information content (AvgIpc) is 2.95. The number of amides is 4. The molecule has 2 atom stereocenters. The van der Waals surface area contributed by atoms with Gasteiger partial charge >= 0.3 is 5.97 Å². The average molecular weight is 582 g/mol. The molecule has 0 unspecified atom stereocenters. The Balaban J connectivity index is 2.08. The van der Waals surface area contributed by atoms with E-state index in [0.29, 0.717) is 0 Å². The molecule has 2 aromatic rings. The quantitative estimate of drug-likeness (QED) is 0.0932. The number of benzene rings is 2. The van der Waals surface area contributed by atoms with Crippen molar-refractivity contribution < 1.29 is 33.6 Å². The van der Waals surface area contributed by atoms with Crippen LogP contribution in [0, 0.1) is 16.0 Å². The highest BCUT2D eigenvalue weighted by molar-refractivity contribution is 5.95. The Morgan fingerprint density at radius 1 is 0.976 bits per heavy atom. The predicted molar refractivity (Wildman–Crippen MR) is 153 cm³/mol. The third-order valence-electron chi connectivity index (χ3n) is 5.89. The molecular formula is C29H35N5O8. The van der Waals surface area contributed by atoms with Gasteiger partial charge in [0.1, 0.15) is 24.4 Å². The number of non-ortho nitro benzene ring substituents is 1. The maximum Gasteiger partial charge on any atom is 0.330 e. The smallest absolute Gasteiger partial charge is 0.330 e. The number of carbonyl (C=O) groups is 5. The van der Waals surface area contributed by atoms with Crippen LogP contribution in [0.15, 0.2) is 67.3 Å². The zero-order chi connectivity index (χ0) is 31.2. The number of nitro groups is 1. The highest BCUT2D eigenvalue weighted by Crippen LogP contribution is 2.17. The van der Waals surface area contributed by atoms with Crippen LogP contribution >= 0.6 is 0 Å². The maximum atomic E-state index is 13.4. The summed E-state index contributed by atoms with van der Waals surface area (Å²) in [6, 6.07) is 11.7. The fourth-order valence-corrected chi connectivity index (χ4v) is 3.81. The van der Waals surface area contributed by atoms with Gasteiger partial charge in [-0.15, -0.1) is 0 Å². The summed E-state index contributed by atoms with van der Waals surface area (Å²) in [4.78, 5) is 74.4. The van der Waals surface area contributed by atoms with E-state index >= 15 is 0 Å². The molecule has 42 heavy (non-hydrogen) atoms. The van der Waals surface area contributed by atoms with Crippen molar-refractivity contribution in [3.63, 3.8) is 0 Å². The normalized spacial score (nSPS) is 11.9. The fraction of sp³-hybridized carbons (Fsp3) is 0.345. The lowest BCUT2D eigenvalue weighted by atomic mass is 10.0. The molecule has 13 heteroatoms. The van der Waals surface area contributed by atoms with Crippen LogP contribution in [0.2, 0.25) is 0 Å². The van der Waals surface area contributed by atoms with Crippen LogP contribution in [0.1, 0.15) is 25.8 Å². The van der Waals surface area contributed by atoms with Gasteiger partial charge in [0.25, 0.3) is 5.69 Å². The van der Waals surface area contributed by atoms with Crippen LogP contribution in [0.4, 0.5) is 5.69 Å². The first-order valence-corrected chi connectivity index (χ1v) is 13.1. The van der Waals surface area contributed by atoms with Gasteiger partial charge in [-0.05, 0) is 36.1 Å². The number of esters is 1. The molecule has 0 heterocycles. The summed E-state index contributed by atoms with van der Waals surface area (Å²) in [7, 11) is 1.42. The van der Waals surface area contributed by atoms with E-state index in [2.05, 4.69) is 22.5 Å². The second kappa shape index (κ2) is 16.3. The molecule has 3 N–H and O–H groups in total. The number of nitrogens with one attached hydrogen (secondary N) is 3. The van der Waals surface area contributed by atoms with Crippen molar-refractivity contribution in [2.75, 3.05) is 20.1 Å². The minimum atomic E-state index is -1.07. The topological polar surface area (TPSA) is 177 Å². The first-order chi connectivity index (χ1) is 19.9. The predicted octanol–water partition coefficient (Wildman–Crippen LogP) is 1.52. The first kappa shape index (κ1) is 33.1. The van der Waals surface area contributed by atoms with Gasteiger partial charge in [-0.25, -0.2) is 4.79 Å². The van der Waals surface area contributed by atoms with Gasteiger partial charge < -0.3 is 25.6 Å². The van der Waals surface area contributed by atoms with E-state index in [4.69, 9.17) is 4.74 Å². The molecule has 0 bridgehead atoms. The van der Waals surface area contributed by atoms with Gasteiger partial charge in [-0.1, -0.05) is 50.8 Å². The van der Waals surface area contributed by atoms with Crippen molar-refractivity contribution in [2.45, 2.75) is 38.8 Å². The molecular weight excluding hydrogens is 546 g/mol. The largest absolute Gasteiger partial charge is 0.425 e. The summed E-state index contributed by atoms with van der Waals surface area (Å²) in [6.07, 6.45) is 1.42. The van der Waals surface area contributed by atoms with Crippen molar-refractivity contribution in [1.29, 1.82) is 0 Å². The second-order valence-corrected chi connectivity index (χ2v) is 9.84. The molecule has 4 amide bonds. The number of rotatable bonds is 15. The maximum absolute atomic E-state index is 13.4. The SMILES string of the molecule is C=CC(=O)N(C)CC(=O)N[C@@H](Cc1ccccc1)C(=O)N[C@@H](CC(C)C)C(=O)NCC(=O)Oc1ccc([N+](=O)[O-])cc1. The van der Waals surface area contributed by atoms with Gasteiger partial charge in [-0.2, -0.15) is 0 Å². The van der Waals surface area contributed by atoms with E-state index in [0.717, 1.165) is 16.5 Å². The Labute approximate surface area is 243 Å². The highest BCUT2D eigenvalue weighted by Gasteiger charge is 2.28. The van der Waals surface area contributed by atoms with E-state index in [1.165, 1.54) is 31.3 Å². The highest BCUT2D eigenvalue weighted by atomic mass is 16.6. The summed E-state index contributed by atoms with van der Waals surface area (Å²) in [6.45, 7) is 6.26. The molecule has 0 radical (unpaired) electrons. The van der Waals surface area contributed by atoms with Crippen LogP contribution in [0.5, 0.6) is 5.75 Å². The zero-order valence-corrected chi connectivity index (χ0v) is 23.7. The standard InChI is InChI=1S/C29H35N5O8/c1-5-26(36)33(4)18-25(35)31-24(16-20-9-7-6-8-10-20)29(39)32-23(15-19(2)3)28(38)30-17-27(37)42-22-13-11-21(12-14-22)34(40)41/h5-14,19,23-24H,1,15-18H2,2-4H3,(H,30,38)(H,31,35)(H,32,39)/t23-,24-/m0/s1. The minimum absolute atomic E-state index is 0.0196. The van der Waals surface area contributed by atoms with Gasteiger partial charge in [0, 0.05) is 25.6 Å². The van der Waals surface area contributed by atoms with E-state index in [9.17, 15) is 34.1 Å².